The van der Waals surface area contributed by atoms with Crippen molar-refractivity contribution in [1.29, 1.82) is 0 Å². The third kappa shape index (κ3) is 5.88. The number of hydrogen-bond acceptors (Lipinski definition) is 6. The van der Waals surface area contributed by atoms with Crippen LogP contribution in [0.15, 0.2) is 63.1 Å². The van der Waals surface area contributed by atoms with Crippen LogP contribution in [0.25, 0.3) is 5.69 Å². The lowest BCUT2D eigenvalue weighted by Gasteiger charge is -2.02. The molecule has 0 spiro atoms. The highest BCUT2D eigenvalue weighted by Gasteiger charge is 2.11. The minimum absolute atomic E-state index is 0.0701. The van der Waals surface area contributed by atoms with E-state index in [1.54, 1.807) is 31.4 Å². The molecule has 0 atom stereocenters. The van der Waals surface area contributed by atoms with Gasteiger partial charge in [0, 0.05) is 26.5 Å². The molecule has 4 heterocycles. The van der Waals surface area contributed by atoms with Gasteiger partial charge in [0.05, 0.1) is 28.2 Å². The Hall–Kier alpha value is -3.74. The molecule has 0 fully saturated rings. The van der Waals surface area contributed by atoms with Crippen LogP contribution in [0, 0.1) is 11.9 Å². The molecule has 0 bridgehead atoms. The SMILES string of the molecule is Cn1ncc(-n2cccc(N)c2=O)c1F.Cn1ncc(Br)c1F.Nc1ccc[nH]c1=O. The summed E-state index contributed by atoms with van der Waals surface area (Å²) in [6.07, 6.45) is 5.67. The van der Waals surface area contributed by atoms with Crippen LogP contribution in [-0.4, -0.2) is 29.1 Å². The molecule has 4 rings (SSSR count). The van der Waals surface area contributed by atoms with E-state index >= 15 is 0 Å². The van der Waals surface area contributed by atoms with E-state index in [1.165, 1.54) is 31.7 Å². The number of nitrogens with one attached hydrogen (secondary N) is 1. The van der Waals surface area contributed by atoms with E-state index in [0.29, 0.717) is 4.47 Å². The van der Waals surface area contributed by atoms with Crippen LogP contribution in [0.1, 0.15) is 0 Å². The molecule has 0 aliphatic rings. The van der Waals surface area contributed by atoms with Crippen molar-refractivity contribution in [3.05, 3.63) is 86.1 Å². The van der Waals surface area contributed by atoms with Gasteiger partial charge in [0.15, 0.2) is 0 Å². The zero-order valence-corrected chi connectivity index (χ0v) is 18.0. The number of halogens is 3. The lowest BCUT2D eigenvalue weighted by atomic mass is 10.4. The van der Waals surface area contributed by atoms with Crippen molar-refractivity contribution in [1.82, 2.24) is 29.1 Å². The average molecular weight is 497 g/mol. The van der Waals surface area contributed by atoms with Gasteiger partial charge < -0.3 is 16.5 Å². The topological polar surface area (TPSA) is 143 Å². The van der Waals surface area contributed by atoms with E-state index in [-0.39, 0.29) is 28.6 Å². The zero-order valence-electron chi connectivity index (χ0n) is 16.5. The van der Waals surface area contributed by atoms with Gasteiger partial charge in [0.25, 0.3) is 11.1 Å². The second kappa shape index (κ2) is 10.3. The van der Waals surface area contributed by atoms with Crippen LogP contribution >= 0.6 is 15.9 Å². The van der Waals surface area contributed by atoms with E-state index in [9.17, 15) is 18.4 Å². The summed E-state index contributed by atoms with van der Waals surface area (Å²) in [7, 11) is 3.00. The zero-order chi connectivity index (χ0) is 23.1. The highest BCUT2D eigenvalue weighted by Crippen LogP contribution is 2.11. The second-order valence-electron chi connectivity index (χ2n) is 5.94. The number of nitrogens with two attached hydrogens (primary N) is 2. The van der Waals surface area contributed by atoms with Gasteiger partial charge >= 0.3 is 0 Å². The first-order valence-corrected chi connectivity index (χ1v) is 9.34. The molecule has 10 nitrogen and oxygen atoms in total. The van der Waals surface area contributed by atoms with Gasteiger partial charge in [-0.25, -0.2) is 9.36 Å². The van der Waals surface area contributed by atoms with Crippen LogP contribution in [0.2, 0.25) is 0 Å². The minimum Gasteiger partial charge on any atom is -0.394 e. The molecule has 31 heavy (non-hydrogen) atoms. The lowest BCUT2D eigenvalue weighted by Crippen LogP contribution is -2.20. The molecule has 0 saturated carbocycles. The average Bonchev–Trinajstić information content (AvgIpc) is 3.23. The predicted octanol–water partition coefficient (Wildman–Crippen LogP) is 1.57. The van der Waals surface area contributed by atoms with Crippen molar-refractivity contribution in [3.63, 3.8) is 0 Å². The molecular formula is C18H19BrF2N8O2. The van der Waals surface area contributed by atoms with Crippen molar-refractivity contribution in [2.45, 2.75) is 0 Å². The summed E-state index contributed by atoms with van der Waals surface area (Å²) in [6.45, 7) is 0. The molecule has 0 unspecified atom stereocenters. The first kappa shape index (κ1) is 23.5. The maximum atomic E-state index is 13.5. The quantitative estimate of drug-likeness (QED) is 0.365. The Morgan fingerprint density at radius 1 is 0.968 bits per heavy atom. The molecule has 13 heteroatoms. The molecule has 5 N–H and O–H groups in total. The third-order valence-electron chi connectivity index (χ3n) is 3.76. The fraction of sp³-hybridized carbons (Fsp3) is 0.111. The Morgan fingerprint density at radius 2 is 1.58 bits per heavy atom. The Balaban J connectivity index is 0.000000181. The predicted molar refractivity (Wildman–Crippen MR) is 116 cm³/mol. The van der Waals surface area contributed by atoms with Crippen molar-refractivity contribution in [2.75, 3.05) is 11.5 Å². The standard InChI is InChI=1S/C9H9FN4O.C5H6N2O.C4H4BrFN2/c1-13-8(10)7(5-12-13)14-4-2-3-6(11)9(14)15;6-4-2-1-3-7-5(4)8;1-8-4(6)3(5)2-7-8/h2-5H,11H2,1H3;1-3H,6H2,(H,7,8);2H,1H3. The highest BCUT2D eigenvalue weighted by molar-refractivity contribution is 9.10. The summed E-state index contributed by atoms with van der Waals surface area (Å²) in [5, 5.41) is 7.31. The third-order valence-corrected chi connectivity index (χ3v) is 4.29. The molecule has 0 aliphatic heterocycles. The molecular weight excluding hydrogens is 478 g/mol. The largest absolute Gasteiger partial charge is 0.394 e. The van der Waals surface area contributed by atoms with Crippen molar-refractivity contribution in [3.8, 4) is 5.69 Å². The molecule has 0 amide bonds. The van der Waals surface area contributed by atoms with Gasteiger partial charge in [-0.15, -0.1) is 0 Å². The number of aromatic nitrogens is 6. The number of rotatable bonds is 1. The van der Waals surface area contributed by atoms with Crippen LogP contribution in [0.3, 0.4) is 0 Å². The number of anilines is 2. The van der Waals surface area contributed by atoms with Crippen molar-refractivity contribution < 1.29 is 8.78 Å². The molecule has 0 aromatic carbocycles. The van der Waals surface area contributed by atoms with Gasteiger partial charge in [0.1, 0.15) is 5.69 Å². The van der Waals surface area contributed by atoms with Crippen LogP contribution in [0.4, 0.5) is 20.2 Å². The Kier molecular flexibility index (Phi) is 7.85. The van der Waals surface area contributed by atoms with Gasteiger partial charge in [0.2, 0.25) is 11.9 Å². The van der Waals surface area contributed by atoms with E-state index in [4.69, 9.17) is 11.5 Å². The van der Waals surface area contributed by atoms with Crippen LogP contribution < -0.4 is 22.6 Å². The second-order valence-corrected chi connectivity index (χ2v) is 6.80. The molecule has 4 aromatic rings. The number of aromatic amines is 1. The normalized spacial score (nSPS) is 9.97. The maximum absolute atomic E-state index is 13.5. The number of aryl methyl sites for hydroxylation is 2. The van der Waals surface area contributed by atoms with Crippen LogP contribution in [0.5, 0.6) is 0 Å². The number of nitrogen functional groups attached to an aromatic ring is 2. The Morgan fingerprint density at radius 3 is 2.00 bits per heavy atom. The summed E-state index contributed by atoms with van der Waals surface area (Å²) in [5.74, 6) is -0.923. The number of H-pyrrole nitrogens is 1. The smallest absolute Gasteiger partial charge is 0.278 e. The lowest BCUT2D eigenvalue weighted by molar-refractivity contribution is 0.499. The van der Waals surface area contributed by atoms with Crippen molar-refractivity contribution >= 4 is 27.3 Å². The van der Waals surface area contributed by atoms with Gasteiger partial charge in [-0.05, 0) is 40.2 Å². The molecule has 0 aliphatic carbocycles. The fourth-order valence-electron chi connectivity index (χ4n) is 2.10. The summed E-state index contributed by atoms with van der Waals surface area (Å²) in [6, 6.07) is 6.27. The summed E-state index contributed by atoms with van der Waals surface area (Å²) in [5.41, 5.74) is 10.3. The number of nitrogens with zero attached hydrogens (tertiary/aromatic N) is 5. The van der Waals surface area contributed by atoms with Crippen molar-refractivity contribution in [2.24, 2.45) is 14.1 Å². The fourth-order valence-corrected chi connectivity index (χ4v) is 2.45. The van der Waals surface area contributed by atoms with Gasteiger partial charge in [-0.1, -0.05) is 0 Å². The molecule has 4 aromatic heterocycles. The van der Waals surface area contributed by atoms with Gasteiger partial charge in [-0.3, -0.25) is 14.2 Å². The molecule has 164 valence electrons. The Labute approximate surface area is 182 Å². The van der Waals surface area contributed by atoms with E-state index in [2.05, 4.69) is 31.1 Å². The maximum Gasteiger partial charge on any atom is 0.278 e. The molecule has 0 radical (unpaired) electrons. The van der Waals surface area contributed by atoms with E-state index < -0.39 is 11.5 Å². The summed E-state index contributed by atoms with van der Waals surface area (Å²) in [4.78, 5) is 24.4. The van der Waals surface area contributed by atoms with Gasteiger partial charge in [-0.2, -0.15) is 19.0 Å². The van der Waals surface area contributed by atoms with Crippen LogP contribution in [-0.2, 0) is 14.1 Å². The number of pyridine rings is 2. The highest BCUT2D eigenvalue weighted by atomic mass is 79.9. The minimum atomic E-state index is -0.581. The summed E-state index contributed by atoms with van der Waals surface area (Å²) < 4.78 is 29.5. The number of hydrogen-bond donors (Lipinski definition) is 3. The van der Waals surface area contributed by atoms with E-state index in [0.717, 1.165) is 13.9 Å². The van der Waals surface area contributed by atoms with E-state index in [1.807, 2.05) is 0 Å². The molecule has 0 saturated heterocycles. The Bertz CT molecular complexity index is 1260. The first-order chi connectivity index (χ1) is 14.6. The first-order valence-electron chi connectivity index (χ1n) is 8.54. The summed E-state index contributed by atoms with van der Waals surface area (Å²) >= 11 is 2.96. The monoisotopic (exact) mass is 496 g/mol.